The summed E-state index contributed by atoms with van der Waals surface area (Å²) in [6.07, 6.45) is 3.19. The molecule has 4 rings (SSSR count). The molecule has 0 amide bonds. The number of hydrogen-bond donors (Lipinski definition) is 3. The second-order valence-electron chi connectivity index (χ2n) is 6.97. The van der Waals surface area contributed by atoms with Crippen molar-refractivity contribution in [2.75, 3.05) is 13.6 Å². The van der Waals surface area contributed by atoms with Crippen molar-refractivity contribution in [1.29, 1.82) is 0 Å². The predicted octanol–water partition coefficient (Wildman–Crippen LogP) is 4.16. The van der Waals surface area contributed by atoms with Crippen LogP contribution in [0, 0.1) is 0 Å². The molecular formula is C23H26IN5OS. The highest BCUT2D eigenvalue weighted by atomic mass is 127. The molecule has 31 heavy (non-hydrogen) atoms. The smallest absolute Gasteiger partial charge is 0.191 e. The lowest BCUT2D eigenvalue weighted by Gasteiger charge is -2.15. The number of rotatable bonds is 7. The van der Waals surface area contributed by atoms with Crippen molar-refractivity contribution in [3.8, 4) is 0 Å². The SMILES string of the molecule is CN=C(NCc1nccn1Cc1ccccc1)NCC(O)c1cc2ccccc2s1.I. The average molecular weight is 547 g/mol. The highest BCUT2D eigenvalue weighted by Gasteiger charge is 2.12. The lowest BCUT2D eigenvalue weighted by Crippen LogP contribution is -2.39. The molecule has 6 nitrogen and oxygen atoms in total. The zero-order chi connectivity index (χ0) is 20.8. The molecule has 1 atom stereocenters. The summed E-state index contributed by atoms with van der Waals surface area (Å²) in [4.78, 5) is 9.66. The largest absolute Gasteiger partial charge is 0.386 e. The fraction of sp³-hybridized carbons (Fsp3) is 0.217. The van der Waals surface area contributed by atoms with Gasteiger partial charge < -0.3 is 20.3 Å². The molecule has 0 spiro atoms. The van der Waals surface area contributed by atoms with E-state index in [-0.39, 0.29) is 24.0 Å². The molecular weight excluding hydrogens is 521 g/mol. The molecule has 2 heterocycles. The van der Waals surface area contributed by atoms with Crippen molar-refractivity contribution in [1.82, 2.24) is 20.2 Å². The highest BCUT2D eigenvalue weighted by molar-refractivity contribution is 14.0. The van der Waals surface area contributed by atoms with Crippen LogP contribution in [0.2, 0.25) is 0 Å². The summed E-state index contributed by atoms with van der Waals surface area (Å²) in [6, 6.07) is 20.5. The third-order valence-electron chi connectivity index (χ3n) is 4.87. The van der Waals surface area contributed by atoms with E-state index in [9.17, 15) is 5.11 Å². The van der Waals surface area contributed by atoms with Crippen molar-refractivity contribution < 1.29 is 5.11 Å². The van der Waals surface area contributed by atoms with Gasteiger partial charge in [0.05, 0.1) is 6.54 Å². The standard InChI is InChI=1S/C23H25N5OS.HI/c1-24-23(26-14-19(29)21-13-18-9-5-6-10-20(18)30-21)27-15-22-25-11-12-28(22)16-17-7-3-2-4-8-17;/h2-13,19,29H,14-16H2,1H3,(H2,24,26,27);1H. The number of nitrogens with zero attached hydrogens (tertiary/aromatic N) is 3. The minimum Gasteiger partial charge on any atom is -0.386 e. The fourth-order valence-electron chi connectivity index (χ4n) is 3.28. The van der Waals surface area contributed by atoms with Gasteiger partial charge in [0.25, 0.3) is 0 Å². The molecule has 0 saturated heterocycles. The van der Waals surface area contributed by atoms with Crippen LogP contribution in [0.1, 0.15) is 22.4 Å². The van der Waals surface area contributed by atoms with Gasteiger partial charge in [0.2, 0.25) is 0 Å². The van der Waals surface area contributed by atoms with E-state index in [1.54, 1.807) is 24.6 Å². The van der Waals surface area contributed by atoms with E-state index in [0.29, 0.717) is 19.0 Å². The van der Waals surface area contributed by atoms with Gasteiger partial charge in [-0.2, -0.15) is 0 Å². The predicted molar refractivity (Wildman–Crippen MR) is 138 cm³/mol. The van der Waals surface area contributed by atoms with Crippen LogP contribution >= 0.6 is 35.3 Å². The quantitative estimate of drug-likeness (QED) is 0.185. The molecule has 0 saturated carbocycles. The van der Waals surface area contributed by atoms with Crippen molar-refractivity contribution in [2.45, 2.75) is 19.2 Å². The number of guanidine groups is 1. The zero-order valence-electron chi connectivity index (χ0n) is 17.2. The Morgan fingerprint density at radius 2 is 1.90 bits per heavy atom. The second kappa shape index (κ2) is 11.3. The Labute approximate surface area is 203 Å². The highest BCUT2D eigenvalue weighted by Crippen LogP contribution is 2.29. The van der Waals surface area contributed by atoms with Gasteiger partial charge in [-0.05, 0) is 23.1 Å². The molecule has 0 aliphatic heterocycles. The van der Waals surface area contributed by atoms with Crippen LogP contribution < -0.4 is 10.6 Å². The average Bonchev–Trinajstić information content (AvgIpc) is 3.41. The topological polar surface area (TPSA) is 74.5 Å². The summed E-state index contributed by atoms with van der Waals surface area (Å²) in [6.45, 7) is 1.69. The van der Waals surface area contributed by atoms with Crippen LogP contribution in [0.4, 0.5) is 0 Å². The van der Waals surface area contributed by atoms with Gasteiger partial charge >= 0.3 is 0 Å². The molecule has 0 aliphatic rings. The number of imidazole rings is 1. The number of halogens is 1. The van der Waals surface area contributed by atoms with Crippen LogP contribution in [-0.4, -0.2) is 34.2 Å². The van der Waals surface area contributed by atoms with Crippen molar-refractivity contribution in [3.63, 3.8) is 0 Å². The van der Waals surface area contributed by atoms with Gasteiger partial charge in [-0.25, -0.2) is 4.98 Å². The number of nitrogens with one attached hydrogen (secondary N) is 2. The Hall–Kier alpha value is -2.43. The Bertz CT molecular complexity index is 1090. The molecule has 2 aromatic heterocycles. The molecule has 2 aromatic carbocycles. The Balaban J connectivity index is 0.00000272. The minimum absolute atomic E-state index is 0. The number of hydrogen-bond acceptors (Lipinski definition) is 4. The first-order valence-corrected chi connectivity index (χ1v) is 10.7. The summed E-state index contributed by atoms with van der Waals surface area (Å²) < 4.78 is 3.29. The maximum Gasteiger partial charge on any atom is 0.191 e. The van der Waals surface area contributed by atoms with Crippen LogP contribution in [-0.2, 0) is 13.1 Å². The van der Waals surface area contributed by atoms with E-state index >= 15 is 0 Å². The number of fused-ring (bicyclic) bond motifs is 1. The number of benzene rings is 2. The summed E-state index contributed by atoms with van der Waals surface area (Å²) in [5, 5.41) is 18.2. The molecule has 0 aliphatic carbocycles. The lowest BCUT2D eigenvalue weighted by atomic mass is 10.2. The summed E-state index contributed by atoms with van der Waals surface area (Å²) >= 11 is 1.62. The maximum absolute atomic E-state index is 10.6. The van der Waals surface area contributed by atoms with Crippen molar-refractivity contribution in [3.05, 3.63) is 89.3 Å². The van der Waals surface area contributed by atoms with E-state index in [1.807, 2.05) is 42.6 Å². The van der Waals surface area contributed by atoms with Gasteiger partial charge in [0.15, 0.2) is 5.96 Å². The fourth-order valence-corrected chi connectivity index (χ4v) is 4.33. The van der Waals surface area contributed by atoms with Crippen LogP contribution in [0.25, 0.3) is 10.1 Å². The molecule has 1 unspecified atom stereocenters. The van der Waals surface area contributed by atoms with Crippen LogP contribution in [0.5, 0.6) is 0 Å². The minimum atomic E-state index is -0.596. The number of aromatic nitrogens is 2. The third kappa shape index (κ3) is 6.05. The Morgan fingerprint density at radius 3 is 2.68 bits per heavy atom. The first kappa shape index (κ1) is 23.2. The molecule has 0 radical (unpaired) electrons. The lowest BCUT2D eigenvalue weighted by molar-refractivity contribution is 0.184. The number of aliphatic imine (C=N–C) groups is 1. The normalized spacial score (nSPS) is 12.4. The monoisotopic (exact) mass is 547 g/mol. The van der Waals surface area contributed by atoms with E-state index in [4.69, 9.17) is 0 Å². The van der Waals surface area contributed by atoms with E-state index in [2.05, 4.69) is 49.4 Å². The number of aliphatic hydroxyl groups is 1. The third-order valence-corrected chi connectivity index (χ3v) is 6.09. The van der Waals surface area contributed by atoms with Crippen LogP contribution in [0.3, 0.4) is 0 Å². The molecule has 4 aromatic rings. The summed E-state index contributed by atoms with van der Waals surface area (Å²) in [5.74, 6) is 1.55. The molecule has 0 fully saturated rings. The second-order valence-corrected chi connectivity index (χ2v) is 8.08. The van der Waals surface area contributed by atoms with Gasteiger partial charge in [0, 0.05) is 42.1 Å². The summed E-state index contributed by atoms with van der Waals surface area (Å²) in [5.41, 5.74) is 1.23. The van der Waals surface area contributed by atoms with Crippen molar-refractivity contribution >= 4 is 51.4 Å². The Kier molecular flexibility index (Phi) is 8.44. The number of aliphatic hydroxyl groups excluding tert-OH is 1. The van der Waals surface area contributed by atoms with Gasteiger partial charge in [0.1, 0.15) is 11.9 Å². The van der Waals surface area contributed by atoms with Gasteiger partial charge in [-0.1, -0.05) is 48.5 Å². The molecule has 3 N–H and O–H groups in total. The molecule has 0 bridgehead atoms. The molecule has 8 heteroatoms. The van der Waals surface area contributed by atoms with Gasteiger partial charge in [-0.15, -0.1) is 35.3 Å². The number of thiophene rings is 1. The van der Waals surface area contributed by atoms with Crippen molar-refractivity contribution in [2.24, 2.45) is 4.99 Å². The zero-order valence-corrected chi connectivity index (χ0v) is 20.4. The Morgan fingerprint density at radius 1 is 1.13 bits per heavy atom. The van der Waals surface area contributed by atoms with E-state index < -0.39 is 6.10 Å². The van der Waals surface area contributed by atoms with E-state index in [0.717, 1.165) is 22.6 Å². The van der Waals surface area contributed by atoms with Crippen LogP contribution in [0.15, 0.2) is 78.0 Å². The molecule has 162 valence electrons. The first-order valence-electron chi connectivity index (χ1n) is 9.88. The van der Waals surface area contributed by atoms with E-state index in [1.165, 1.54) is 10.3 Å². The first-order chi connectivity index (χ1) is 14.7. The maximum atomic E-state index is 10.6. The van der Waals surface area contributed by atoms with Gasteiger partial charge in [-0.3, -0.25) is 4.99 Å². The summed E-state index contributed by atoms with van der Waals surface area (Å²) in [7, 11) is 1.72.